The summed E-state index contributed by atoms with van der Waals surface area (Å²) in [6, 6.07) is 6.58. The van der Waals surface area contributed by atoms with Crippen molar-refractivity contribution in [3.8, 4) is 0 Å². The first-order valence-corrected chi connectivity index (χ1v) is 6.83. The first kappa shape index (κ1) is 19.1. The zero-order valence-electron chi connectivity index (χ0n) is 12.5. The Labute approximate surface area is 138 Å². The Hall–Kier alpha value is -0.850. The van der Waals surface area contributed by atoms with E-state index in [0.717, 1.165) is 24.5 Å². The molecule has 0 amide bonds. The molecule has 0 atom stereocenters. The quantitative estimate of drug-likeness (QED) is 0.346. The number of hydrogen-bond donors (Lipinski definition) is 1. The predicted octanol–water partition coefficient (Wildman–Crippen LogP) is 3.64. The van der Waals surface area contributed by atoms with E-state index in [-0.39, 0.29) is 29.8 Å². The van der Waals surface area contributed by atoms with E-state index in [9.17, 15) is 4.39 Å². The van der Waals surface area contributed by atoms with E-state index >= 15 is 0 Å². The third-order valence-electron chi connectivity index (χ3n) is 2.97. The molecule has 0 bridgehead atoms. The first-order valence-electron chi connectivity index (χ1n) is 6.83. The van der Waals surface area contributed by atoms with Crippen molar-refractivity contribution in [1.82, 2.24) is 10.2 Å². The number of rotatable bonds is 6. The normalized spacial score (nSPS) is 10.9. The van der Waals surface area contributed by atoms with Gasteiger partial charge in [0.05, 0.1) is 0 Å². The van der Waals surface area contributed by atoms with Crippen molar-refractivity contribution in [2.75, 3.05) is 20.6 Å². The minimum Gasteiger partial charge on any atom is -0.356 e. The van der Waals surface area contributed by atoms with Gasteiger partial charge < -0.3 is 10.2 Å². The summed E-state index contributed by atoms with van der Waals surface area (Å²) in [7, 11) is 3.77. The summed E-state index contributed by atoms with van der Waals surface area (Å²) in [5.41, 5.74) is 1.07. The van der Waals surface area contributed by atoms with Gasteiger partial charge in [-0.15, -0.1) is 24.0 Å². The molecule has 1 aromatic rings. The zero-order valence-corrected chi connectivity index (χ0v) is 14.9. The predicted molar refractivity (Wildman–Crippen MR) is 94.2 cm³/mol. The minimum absolute atomic E-state index is 0. The standard InChI is InChI=1S/C15H24FN3.HI/c1-4-5-6-11-18-15(17-2)19(3)12-13-7-9-14(16)10-8-13;/h7-10H,4-6,11-12H2,1-3H3,(H,17,18);1H. The molecule has 0 fully saturated rings. The van der Waals surface area contributed by atoms with Crippen LogP contribution in [-0.2, 0) is 6.54 Å². The summed E-state index contributed by atoms with van der Waals surface area (Å²) in [6.45, 7) is 3.84. The second-order valence-electron chi connectivity index (χ2n) is 4.66. The van der Waals surface area contributed by atoms with Crippen LogP contribution in [0.1, 0.15) is 31.7 Å². The number of hydrogen-bond acceptors (Lipinski definition) is 1. The molecule has 1 N–H and O–H groups in total. The average molecular weight is 393 g/mol. The highest BCUT2D eigenvalue weighted by Crippen LogP contribution is 2.05. The Bertz CT molecular complexity index is 393. The molecule has 20 heavy (non-hydrogen) atoms. The Kier molecular flexibility index (Phi) is 10.4. The minimum atomic E-state index is -0.200. The highest BCUT2D eigenvalue weighted by atomic mass is 127. The van der Waals surface area contributed by atoms with Gasteiger partial charge in [0, 0.05) is 27.2 Å². The average Bonchev–Trinajstić information content (AvgIpc) is 2.41. The van der Waals surface area contributed by atoms with E-state index in [1.165, 1.54) is 25.0 Å². The van der Waals surface area contributed by atoms with E-state index < -0.39 is 0 Å². The van der Waals surface area contributed by atoms with Crippen molar-refractivity contribution < 1.29 is 4.39 Å². The largest absolute Gasteiger partial charge is 0.356 e. The van der Waals surface area contributed by atoms with Crippen LogP contribution in [0.4, 0.5) is 4.39 Å². The van der Waals surface area contributed by atoms with Gasteiger partial charge in [0.25, 0.3) is 0 Å². The molecule has 0 aliphatic heterocycles. The van der Waals surface area contributed by atoms with Gasteiger partial charge in [0.2, 0.25) is 0 Å². The number of guanidine groups is 1. The summed E-state index contributed by atoms with van der Waals surface area (Å²) in [6.07, 6.45) is 3.59. The number of aliphatic imine (C=N–C) groups is 1. The Balaban J connectivity index is 0.00000361. The molecular weight excluding hydrogens is 368 g/mol. The maximum atomic E-state index is 12.8. The van der Waals surface area contributed by atoms with Gasteiger partial charge >= 0.3 is 0 Å². The Morgan fingerprint density at radius 2 is 1.90 bits per heavy atom. The molecule has 0 aromatic heterocycles. The summed E-state index contributed by atoms with van der Waals surface area (Å²) in [5, 5.41) is 3.34. The monoisotopic (exact) mass is 393 g/mol. The zero-order chi connectivity index (χ0) is 14.1. The van der Waals surface area contributed by atoms with Gasteiger partial charge in [0.1, 0.15) is 5.82 Å². The lowest BCUT2D eigenvalue weighted by Crippen LogP contribution is -2.38. The van der Waals surface area contributed by atoms with Crippen LogP contribution >= 0.6 is 24.0 Å². The van der Waals surface area contributed by atoms with Crippen LogP contribution in [0.25, 0.3) is 0 Å². The van der Waals surface area contributed by atoms with E-state index in [2.05, 4.69) is 17.2 Å². The van der Waals surface area contributed by atoms with Crippen LogP contribution in [-0.4, -0.2) is 31.5 Å². The number of unbranched alkanes of at least 4 members (excludes halogenated alkanes) is 2. The fraction of sp³-hybridized carbons (Fsp3) is 0.533. The molecule has 0 saturated carbocycles. The Morgan fingerprint density at radius 1 is 1.25 bits per heavy atom. The third-order valence-corrected chi connectivity index (χ3v) is 2.97. The summed E-state index contributed by atoms with van der Waals surface area (Å²) < 4.78 is 12.8. The summed E-state index contributed by atoms with van der Waals surface area (Å²) >= 11 is 0. The number of nitrogens with zero attached hydrogens (tertiary/aromatic N) is 2. The molecule has 0 aliphatic carbocycles. The fourth-order valence-electron chi connectivity index (χ4n) is 1.90. The van der Waals surface area contributed by atoms with Gasteiger partial charge in [0.15, 0.2) is 5.96 Å². The first-order chi connectivity index (χ1) is 9.17. The lowest BCUT2D eigenvalue weighted by atomic mass is 10.2. The lowest BCUT2D eigenvalue weighted by molar-refractivity contribution is 0.474. The molecule has 0 aliphatic rings. The smallest absolute Gasteiger partial charge is 0.193 e. The highest BCUT2D eigenvalue weighted by molar-refractivity contribution is 14.0. The van der Waals surface area contributed by atoms with Crippen molar-refractivity contribution in [1.29, 1.82) is 0 Å². The lowest BCUT2D eigenvalue weighted by Gasteiger charge is -2.22. The number of benzene rings is 1. The van der Waals surface area contributed by atoms with Crippen molar-refractivity contribution in [2.24, 2.45) is 4.99 Å². The van der Waals surface area contributed by atoms with Crippen molar-refractivity contribution in [3.05, 3.63) is 35.6 Å². The molecule has 0 saturated heterocycles. The SMILES string of the molecule is CCCCCNC(=NC)N(C)Cc1ccc(F)cc1.I. The second kappa shape index (κ2) is 10.9. The maximum absolute atomic E-state index is 12.8. The maximum Gasteiger partial charge on any atom is 0.193 e. The summed E-state index contributed by atoms with van der Waals surface area (Å²) in [4.78, 5) is 6.30. The topological polar surface area (TPSA) is 27.6 Å². The van der Waals surface area contributed by atoms with Crippen LogP contribution in [0.3, 0.4) is 0 Å². The van der Waals surface area contributed by atoms with Gasteiger partial charge in [-0.2, -0.15) is 0 Å². The van der Waals surface area contributed by atoms with Gasteiger partial charge in [-0.1, -0.05) is 31.9 Å². The molecule has 114 valence electrons. The fourth-order valence-corrected chi connectivity index (χ4v) is 1.90. The van der Waals surface area contributed by atoms with Crippen molar-refractivity contribution in [2.45, 2.75) is 32.7 Å². The van der Waals surface area contributed by atoms with Crippen LogP contribution in [0.5, 0.6) is 0 Å². The van der Waals surface area contributed by atoms with Crippen LogP contribution in [0.15, 0.2) is 29.3 Å². The van der Waals surface area contributed by atoms with Crippen molar-refractivity contribution in [3.63, 3.8) is 0 Å². The molecule has 5 heteroatoms. The van der Waals surface area contributed by atoms with Gasteiger partial charge in [-0.25, -0.2) is 4.39 Å². The molecule has 0 spiro atoms. The summed E-state index contributed by atoms with van der Waals surface area (Å²) in [5.74, 6) is 0.675. The van der Waals surface area contributed by atoms with Crippen LogP contribution in [0, 0.1) is 5.82 Å². The van der Waals surface area contributed by atoms with Crippen LogP contribution < -0.4 is 5.32 Å². The molecule has 3 nitrogen and oxygen atoms in total. The van der Waals surface area contributed by atoms with Gasteiger partial charge in [-0.3, -0.25) is 4.99 Å². The molecular formula is C15H25FIN3. The molecule has 1 rings (SSSR count). The van der Waals surface area contributed by atoms with E-state index in [0.29, 0.717) is 6.54 Å². The second-order valence-corrected chi connectivity index (χ2v) is 4.66. The van der Waals surface area contributed by atoms with E-state index in [1.54, 1.807) is 19.2 Å². The third kappa shape index (κ3) is 7.07. The van der Waals surface area contributed by atoms with E-state index in [4.69, 9.17) is 0 Å². The highest BCUT2D eigenvalue weighted by Gasteiger charge is 2.05. The molecule has 0 heterocycles. The Morgan fingerprint density at radius 3 is 2.45 bits per heavy atom. The number of halogens is 2. The van der Waals surface area contributed by atoms with Crippen molar-refractivity contribution >= 4 is 29.9 Å². The van der Waals surface area contributed by atoms with Gasteiger partial charge in [-0.05, 0) is 24.1 Å². The molecule has 0 unspecified atom stereocenters. The van der Waals surface area contributed by atoms with E-state index in [1.807, 2.05) is 11.9 Å². The van der Waals surface area contributed by atoms with Crippen LogP contribution in [0.2, 0.25) is 0 Å². The number of nitrogens with one attached hydrogen (secondary N) is 1. The molecule has 0 radical (unpaired) electrons. The molecule has 1 aromatic carbocycles.